The number of hydrogen-bond donors (Lipinski definition) is 0. The van der Waals surface area contributed by atoms with Crippen LogP contribution < -0.4 is 20.4 Å². The second-order valence-electron chi connectivity index (χ2n) is 10.0. The quantitative estimate of drug-likeness (QED) is 0.173. The standard InChI is InChI=1S/4C7H5ClO2.2C7H7N.2Cu/c4*8-6-4-2-1-3-5(6)7(9)10;2*1-2-7-3-5-8-6-4-7;;/h4*1-4H,(H,9,10);2*2-6H,1H2;;/q;;;;;;2*+2/p-4. The molecule has 0 fully saturated rings. The Balaban J connectivity index is 0. The van der Waals surface area contributed by atoms with Gasteiger partial charge >= 0.3 is 34.1 Å². The van der Waals surface area contributed by atoms with E-state index < -0.39 is 23.9 Å². The van der Waals surface area contributed by atoms with Crippen molar-refractivity contribution in [2.75, 3.05) is 0 Å². The Hall–Kier alpha value is -5.26. The zero-order valence-electron chi connectivity index (χ0n) is 29.7. The van der Waals surface area contributed by atoms with Crippen LogP contribution in [0.4, 0.5) is 0 Å². The summed E-state index contributed by atoms with van der Waals surface area (Å²) >= 11 is 22.0. The van der Waals surface area contributed by atoms with E-state index in [1.807, 2.05) is 24.3 Å². The number of carboxylic acid groups (broad SMARTS) is 4. The summed E-state index contributed by atoms with van der Waals surface area (Å²) in [6, 6.07) is 32.3. The molecule has 0 spiro atoms. The molecule has 2 radical (unpaired) electrons. The zero-order valence-corrected chi connectivity index (χ0v) is 34.6. The first-order valence-electron chi connectivity index (χ1n) is 15.6. The summed E-state index contributed by atoms with van der Waals surface area (Å²) in [4.78, 5) is 48.6. The molecule has 0 aliphatic carbocycles. The summed E-state index contributed by atoms with van der Waals surface area (Å²) in [5.74, 6) is -4.98. The van der Waals surface area contributed by atoms with Gasteiger partial charge < -0.3 is 39.6 Å². The Kier molecular flexibility index (Phi) is 30.0. The van der Waals surface area contributed by atoms with Gasteiger partial charge in [-0.2, -0.15) is 0 Å². The minimum atomic E-state index is -1.24. The van der Waals surface area contributed by atoms with Crippen molar-refractivity contribution in [3.8, 4) is 0 Å². The van der Waals surface area contributed by atoms with E-state index in [0.717, 1.165) is 11.1 Å². The van der Waals surface area contributed by atoms with Crippen molar-refractivity contribution in [2.24, 2.45) is 0 Å². The molecule has 0 saturated heterocycles. The maximum atomic E-state index is 10.2. The Morgan fingerprint density at radius 3 is 0.707 bits per heavy atom. The van der Waals surface area contributed by atoms with E-state index in [0.29, 0.717) is 0 Å². The topological polar surface area (TPSA) is 186 Å². The van der Waals surface area contributed by atoms with Gasteiger partial charge in [0.15, 0.2) is 0 Å². The van der Waals surface area contributed by atoms with Crippen LogP contribution in [0.3, 0.4) is 0 Å². The van der Waals surface area contributed by atoms with Crippen molar-refractivity contribution in [1.82, 2.24) is 9.97 Å². The predicted octanol–water partition coefficient (Wildman–Crippen LogP) is 6.26. The molecule has 6 aromatic rings. The van der Waals surface area contributed by atoms with Gasteiger partial charge in [0.2, 0.25) is 0 Å². The molecule has 58 heavy (non-hydrogen) atoms. The maximum Gasteiger partial charge on any atom is 2.00 e. The number of nitrogens with zero attached hydrogens (tertiary/aromatic N) is 2. The fraction of sp³-hybridized carbons (Fsp3) is 0. The number of halogens is 4. The third-order valence-corrected chi connectivity index (χ3v) is 7.58. The summed E-state index contributed by atoms with van der Waals surface area (Å²) in [6.45, 7) is 7.21. The summed E-state index contributed by atoms with van der Waals surface area (Å²) in [5.41, 5.74) is 2.35. The van der Waals surface area contributed by atoms with E-state index in [-0.39, 0.29) is 76.5 Å². The van der Waals surface area contributed by atoms with E-state index in [2.05, 4.69) is 23.1 Å². The molecular formula is C42H30Cl4Cu2N2O8. The summed E-state index contributed by atoms with van der Waals surface area (Å²) in [7, 11) is 0. The van der Waals surface area contributed by atoms with E-state index in [1.54, 1.807) is 85.5 Å². The molecule has 0 unspecified atom stereocenters. The van der Waals surface area contributed by atoms with Crippen LogP contribution in [0.2, 0.25) is 20.1 Å². The van der Waals surface area contributed by atoms with Crippen molar-refractivity contribution < 1.29 is 73.7 Å². The Labute approximate surface area is 376 Å². The SMILES string of the molecule is C=Cc1ccncc1.C=Cc1ccncc1.O=C([O-])c1ccccc1Cl.O=C([O-])c1ccccc1Cl.O=C([O-])c1ccccc1Cl.O=C([O-])c1ccccc1Cl.[Cu+2].[Cu+2]. The number of aromatic carboxylic acids is 4. The second-order valence-corrected chi connectivity index (χ2v) is 11.7. The van der Waals surface area contributed by atoms with Crippen LogP contribution in [0.15, 0.2) is 159 Å². The molecule has 2 heterocycles. The van der Waals surface area contributed by atoms with E-state index in [9.17, 15) is 39.6 Å². The predicted molar refractivity (Wildman–Crippen MR) is 212 cm³/mol. The molecule has 306 valence electrons. The molecule has 2 aromatic heterocycles. The third-order valence-electron chi connectivity index (χ3n) is 6.26. The molecule has 4 aromatic carbocycles. The number of benzene rings is 4. The first-order chi connectivity index (χ1) is 26.7. The number of pyridine rings is 2. The van der Waals surface area contributed by atoms with Crippen molar-refractivity contribution in [2.45, 2.75) is 0 Å². The minimum Gasteiger partial charge on any atom is -0.545 e. The van der Waals surface area contributed by atoms with Crippen molar-refractivity contribution >= 4 is 82.4 Å². The minimum absolute atomic E-state index is 0. The Morgan fingerprint density at radius 1 is 0.397 bits per heavy atom. The van der Waals surface area contributed by atoms with Crippen molar-refractivity contribution in [1.29, 1.82) is 0 Å². The Morgan fingerprint density at radius 2 is 0.586 bits per heavy atom. The van der Waals surface area contributed by atoms with Gasteiger partial charge in [-0.05, 0) is 59.7 Å². The number of hydrogen-bond acceptors (Lipinski definition) is 10. The molecule has 0 atom stereocenters. The molecule has 16 heteroatoms. The second kappa shape index (κ2) is 31.8. The molecule has 0 N–H and O–H groups in total. The monoisotopic (exact) mass is 956 g/mol. The van der Waals surface area contributed by atoms with Crippen LogP contribution in [0.25, 0.3) is 12.2 Å². The molecule has 0 aliphatic heterocycles. The van der Waals surface area contributed by atoms with Crippen LogP contribution >= 0.6 is 46.4 Å². The summed E-state index contributed by atoms with van der Waals surface area (Å²) in [6.07, 6.45) is 10.6. The van der Waals surface area contributed by atoms with Crippen molar-refractivity contribution in [3.05, 3.63) is 213 Å². The molecular weight excluding hydrogens is 929 g/mol. The fourth-order valence-corrected chi connectivity index (χ4v) is 4.36. The van der Waals surface area contributed by atoms with E-state index in [1.165, 1.54) is 48.5 Å². The Bertz CT molecular complexity index is 1920. The zero-order chi connectivity index (χ0) is 41.9. The largest absolute Gasteiger partial charge is 2.00 e. The van der Waals surface area contributed by atoms with Crippen LogP contribution in [-0.4, -0.2) is 33.8 Å². The first-order valence-corrected chi connectivity index (χ1v) is 17.1. The van der Waals surface area contributed by atoms with Gasteiger partial charge in [0, 0.05) is 67.1 Å². The van der Waals surface area contributed by atoms with Crippen LogP contribution in [-0.2, 0) is 34.1 Å². The number of carbonyl (C=O) groups is 4. The van der Waals surface area contributed by atoms with Gasteiger partial charge in [0.25, 0.3) is 0 Å². The molecule has 10 nitrogen and oxygen atoms in total. The maximum absolute atomic E-state index is 10.2. The molecule has 0 amide bonds. The number of carbonyl (C=O) groups excluding carboxylic acids is 4. The van der Waals surface area contributed by atoms with Crippen LogP contribution in [0, 0.1) is 0 Å². The van der Waals surface area contributed by atoms with Gasteiger partial charge in [-0.3, -0.25) is 9.97 Å². The van der Waals surface area contributed by atoms with Crippen molar-refractivity contribution in [3.63, 3.8) is 0 Å². The average molecular weight is 960 g/mol. The number of aromatic nitrogens is 2. The average Bonchev–Trinajstić information content (AvgIpc) is 3.20. The van der Waals surface area contributed by atoms with Crippen LogP contribution in [0.1, 0.15) is 52.6 Å². The smallest absolute Gasteiger partial charge is 0.545 e. The fourth-order valence-electron chi connectivity index (χ4n) is 3.51. The van der Waals surface area contributed by atoms with E-state index in [4.69, 9.17) is 46.4 Å². The van der Waals surface area contributed by atoms with Gasteiger partial charge in [0.05, 0.1) is 23.9 Å². The van der Waals surface area contributed by atoms with Crippen LogP contribution in [0.5, 0.6) is 0 Å². The molecule has 6 rings (SSSR count). The molecule has 0 saturated carbocycles. The summed E-state index contributed by atoms with van der Waals surface area (Å²) in [5, 5.41) is 41.7. The third kappa shape index (κ3) is 22.5. The van der Waals surface area contributed by atoms with E-state index >= 15 is 0 Å². The summed E-state index contributed by atoms with van der Waals surface area (Å²) < 4.78 is 0. The molecule has 0 bridgehead atoms. The first kappa shape index (κ1) is 54.8. The normalized spacial score (nSPS) is 8.76. The number of rotatable bonds is 6. The molecule has 0 aliphatic rings. The number of carboxylic acids is 4. The van der Waals surface area contributed by atoms with Gasteiger partial charge in [-0.15, -0.1) is 0 Å². The van der Waals surface area contributed by atoms with Gasteiger partial charge in [0.1, 0.15) is 0 Å². The van der Waals surface area contributed by atoms with Gasteiger partial charge in [-0.1, -0.05) is 145 Å². The van der Waals surface area contributed by atoms with Gasteiger partial charge in [-0.25, -0.2) is 0 Å².